The van der Waals surface area contributed by atoms with Crippen molar-refractivity contribution >= 4 is 39.5 Å². The molecule has 642 valence electrons. The van der Waals surface area contributed by atoms with E-state index in [9.17, 15) is 43.2 Å². The van der Waals surface area contributed by atoms with Gasteiger partial charge in [-0.3, -0.25) is 37.3 Å². The average molecular weight is 1580 g/mol. The zero-order valence-corrected chi connectivity index (χ0v) is 73.3. The van der Waals surface area contributed by atoms with Crippen molar-refractivity contribution in [1.29, 1.82) is 0 Å². The lowest BCUT2D eigenvalue weighted by Gasteiger charge is -2.21. The molecule has 0 aromatic rings. The molecule has 0 aliphatic rings. The van der Waals surface area contributed by atoms with E-state index in [4.69, 9.17) is 37.0 Å². The molecule has 0 radical (unpaired) electrons. The van der Waals surface area contributed by atoms with Crippen LogP contribution in [0.1, 0.15) is 466 Å². The molecule has 0 heterocycles. The number of phosphoric ester groups is 2. The average Bonchev–Trinajstić information content (AvgIpc) is 0.899. The summed E-state index contributed by atoms with van der Waals surface area (Å²) >= 11 is 0. The van der Waals surface area contributed by atoms with Gasteiger partial charge in [0.2, 0.25) is 0 Å². The molecule has 17 nitrogen and oxygen atoms in total. The lowest BCUT2D eigenvalue weighted by Crippen LogP contribution is -2.30. The summed E-state index contributed by atoms with van der Waals surface area (Å²) in [7, 11) is -9.93. The number of phosphoric acid groups is 2. The molecule has 0 rings (SSSR count). The fourth-order valence-corrected chi connectivity index (χ4v) is 15.4. The third-order valence-electron chi connectivity index (χ3n) is 21.2. The molecule has 0 spiro atoms. The van der Waals surface area contributed by atoms with Gasteiger partial charge in [0.1, 0.15) is 19.3 Å². The van der Waals surface area contributed by atoms with Crippen LogP contribution in [0.3, 0.4) is 0 Å². The van der Waals surface area contributed by atoms with Gasteiger partial charge in [-0.1, -0.05) is 415 Å². The topological polar surface area (TPSA) is 237 Å². The SMILES string of the molecule is CCC(C)CCCCCCCCC(=O)OC[C@H](COP(=O)(O)OC[C@H](O)COP(=O)(O)OC[C@@H](COC(=O)CCCCCCCCCCCCCCCCCCC(C)C)OC(=O)CCCCCCCCCCCCCCCCCC(C)C)OC(=O)CCCCCCCCCCCCCCCCCCCCC(C)C. The Hall–Kier alpha value is -1.94. The molecule has 0 aromatic heterocycles. The number of hydrogen-bond donors (Lipinski definition) is 3. The summed E-state index contributed by atoms with van der Waals surface area (Å²) in [4.78, 5) is 73.3. The highest BCUT2D eigenvalue weighted by Crippen LogP contribution is 2.45. The molecule has 108 heavy (non-hydrogen) atoms. The molecule has 6 atom stereocenters. The molecule has 0 amide bonds. The van der Waals surface area contributed by atoms with Gasteiger partial charge in [-0.05, 0) is 49.4 Å². The molecule has 19 heteroatoms. The first-order valence-electron chi connectivity index (χ1n) is 45.7. The highest BCUT2D eigenvalue weighted by atomic mass is 31.2. The first-order chi connectivity index (χ1) is 52.1. The second-order valence-electron chi connectivity index (χ2n) is 33.7. The molecule has 0 aromatic carbocycles. The maximum atomic E-state index is 13.2. The normalized spacial score (nSPS) is 14.1. The predicted molar refractivity (Wildman–Crippen MR) is 446 cm³/mol. The van der Waals surface area contributed by atoms with Crippen LogP contribution in [0.2, 0.25) is 0 Å². The largest absolute Gasteiger partial charge is 0.472 e. The second kappa shape index (κ2) is 77.6. The molecule has 0 aliphatic carbocycles. The third kappa shape index (κ3) is 80.7. The number of aliphatic hydroxyl groups excluding tert-OH is 1. The summed E-state index contributed by atoms with van der Waals surface area (Å²) in [5.74, 6) is 1.06. The Balaban J connectivity index is 5.22. The van der Waals surface area contributed by atoms with Crippen LogP contribution in [-0.2, 0) is 65.4 Å². The number of carbonyl (C=O) groups excluding carboxylic acids is 4. The van der Waals surface area contributed by atoms with E-state index in [0.29, 0.717) is 25.7 Å². The van der Waals surface area contributed by atoms with E-state index < -0.39 is 97.5 Å². The van der Waals surface area contributed by atoms with Crippen molar-refractivity contribution in [3.63, 3.8) is 0 Å². The zero-order valence-electron chi connectivity index (χ0n) is 71.5. The first-order valence-corrected chi connectivity index (χ1v) is 48.7. The van der Waals surface area contributed by atoms with Gasteiger partial charge in [0, 0.05) is 25.7 Å². The predicted octanol–water partition coefficient (Wildman–Crippen LogP) is 27.1. The van der Waals surface area contributed by atoms with E-state index in [1.165, 1.54) is 263 Å². The van der Waals surface area contributed by atoms with Crippen molar-refractivity contribution in [3.05, 3.63) is 0 Å². The first kappa shape index (κ1) is 106. The Morgan fingerprint density at radius 1 is 0.259 bits per heavy atom. The van der Waals surface area contributed by atoms with E-state index in [-0.39, 0.29) is 25.7 Å². The molecule has 0 bridgehead atoms. The van der Waals surface area contributed by atoms with E-state index in [1.807, 2.05) is 0 Å². The van der Waals surface area contributed by atoms with Crippen molar-refractivity contribution in [1.82, 2.24) is 0 Å². The number of hydrogen-bond acceptors (Lipinski definition) is 15. The number of esters is 4. The summed E-state index contributed by atoms with van der Waals surface area (Å²) in [6.45, 7) is 14.4. The van der Waals surface area contributed by atoms with Gasteiger partial charge in [0.15, 0.2) is 12.2 Å². The second-order valence-corrected chi connectivity index (χ2v) is 36.6. The standard InChI is InChI=1S/C89H174O17P2/c1-9-82(8)68-60-52-47-48-54-62-70-87(92)100-76-85(106-89(94)72-63-55-45-39-33-27-21-13-11-10-12-17-23-29-35-41-49-57-65-79(2)3)78-104-108(97,98)102-74-83(90)73-101-107(95,96)103-77-84(105-88(93)71-64-56-46-40-34-28-22-16-19-25-31-37-43-51-59-67-81(6)7)75-99-86(91)69-61-53-44-38-32-26-20-15-14-18-24-30-36-42-50-58-66-80(4)5/h79-85,90H,9-78H2,1-8H3,(H,95,96)(H,97,98)/t82?,83-,84-,85-/m1/s1. The Morgan fingerprint density at radius 3 is 0.657 bits per heavy atom. The van der Waals surface area contributed by atoms with Gasteiger partial charge in [0.25, 0.3) is 0 Å². The summed E-state index contributed by atoms with van der Waals surface area (Å²) < 4.78 is 69.0. The van der Waals surface area contributed by atoms with E-state index in [2.05, 4.69) is 55.4 Å². The maximum Gasteiger partial charge on any atom is 0.472 e. The van der Waals surface area contributed by atoms with Crippen LogP contribution in [0, 0.1) is 23.7 Å². The lowest BCUT2D eigenvalue weighted by molar-refractivity contribution is -0.161. The van der Waals surface area contributed by atoms with Crippen LogP contribution in [0.5, 0.6) is 0 Å². The van der Waals surface area contributed by atoms with Crippen molar-refractivity contribution in [2.75, 3.05) is 39.6 Å². The fraction of sp³-hybridized carbons (Fsp3) is 0.955. The van der Waals surface area contributed by atoms with E-state index in [0.717, 1.165) is 120 Å². The van der Waals surface area contributed by atoms with Gasteiger partial charge < -0.3 is 33.8 Å². The van der Waals surface area contributed by atoms with Crippen LogP contribution in [0.15, 0.2) is 0 Å². The molecule has 0 saturated heterocycles. The Labute approximate surface area is 664 Å². The van der Waals surface area contributed by atoms with Crippen LogP contribution < -0.4 is 0 Å². The monoisotopic (exact) mass is 1580 g/mol. The molecule has 0 fully saturated rings. The minimum absolute atomic E-state index is 0.107. The van der Waals surface area contributed by atoms with Crippen molar-refractivity contribution in [2.45, 2.75) is 485 Å². The molecular weight excluding hydrogens is 1400 g/mol. The van der Waals surface area contributed by atoms with Gasteiger partial charge in [-0.2, -0.15) is 0 Å². The third-order valence-corrected chi connectivity index (χ3v) is 23.1. The van der Waals surface area contributed by atoms with Gasteiger partial charge in [-0.25, -0.2) is 9.13 Å². The molecule has 3 N–H and O–H groups in total. The van der Waals surface area contributed by atoms with Crippen LogP contribution in [-0.4, -0.2) is 96.7 Å². The molecule has 0 aliphatic heterocycles. The highest BCUT2D eigenvalue weighted by molar-refractivity contribution is 7.47. The van der Waals surface area contributed by atoms with Gasteiger partial charge >= 0.3 is 39.5 Å². The fourth-order valence-electron chi connectivity index (χ4n) is 13.8. The molecular formula is C89H174O17P2. The summed E-state index contributed by atoms with van der Waals surface area (Å²) in [5, 5.41) is 10.7. The van der Waals surface area contributed by atoms with Crippen LogP contribution in [0.25, 0.3) is 0 Å². The minimum Gasteiger partial charge on any atom is -0.462 e. The quantitative estimate of drug-likeness (QED) is 0.0222. The van der Waals surface area contributed by atoms with Gasteiger partial charge in [0.05, 0.1) is 26.4 Å². The van der Waals surface area contributed by atoms with E-state index in [1.54, 1.807) is 0 Å². The number of ether oxygens (including phenoxy) is 4. The number of carbonyl (C=O) groups is 4. The Kier molecular flexibility index (Phi) is 76.2. The number of aliphatic hydroxyl groups is 1. The van der Waals surface area contributed by atoms with Crippen molar-refractivity contribution in [3.8, 4) is 0 Å². The summed E-state index contributed by atoms with van der Waals surface area (Å²) in [6.07, 6.45) is 68.1. The number of rotatable bonds is 86. The van der Waals surface area contributed by atoms with Crippen molar-refractivity contribution < 1.29 is 80.2 Å². The lowest BCUT2D eigenvalue weighted by atomic mass is 10.00. The minimum atomic E-state index is -4.97. The number of unbranched alkanes of at least 4 members (excludes halogenated alkanes) is 51. The smallest absolute Gasteiger partial charge is 0.462 e. The summed E-state index contributed by atoms with van der Waals surface area (Å²) in [5.41, 5.74) is 0. The molecule has 3 unspecified atom stereocenters. The summed E-state index contributed by atoms with van der Waals surface area (Å²) in [6, 6.07) is 0. The maximum absolute atomic E-state index is 13.2. The Morgan fingerprint density at radius 2 is 0.444 bits per heavy atom. The van der Waals surface area contributed by atoms with Crippen LogP contribution >= 0.6 is 15.6 Å². The van der Waals surface area contributed by atoms with E-state index >= 15 is 0 Å². The van der Waals surface area contributed by atoms with Gasteiger partial charge in [-0.15, -0.1) is 0 Å². The highest BCUT2D eigenvalue weighted by Gasteiger charge is 2.31. The van der Waals surface area contributed by atoms with Crippen molar-refractivity contribution in [2.24, 2.45) is 23.7 Å². The Bertz CT molecular complexity index is 2100. The zero-order chi connectivity index (χ0) is 79.5. The van der Waals surface area contributed by atoms with Crippen LogP contribution in [0.4, 0.5) is 0 Å². The molecule has 0 saturated carbocycles.